The molecule has 4 heterocycles. The molecule has 2 atom stereocenters. The minimum absolute atomic E-state index is 0.114. The van der Waals surface area contributed by atoms with E-state index < -0.39 is 0 Å². The number of anilines is 2. The Labute approximate surface area is 193 Å². The van der Waals surface area contributed by atoms with E-state index in [9.17, 15) is 4.79 Å². The Hall–Kier alpha value is -3.20. The Morgan fingerprint density at radius 1 is 1.27 bits per heavy atom. The number of carbonyl (C=O) groups excluding carboxylic acids is 1. The number of ether oxygens (including phenoxy) is 1. The maximum absolute atomic E-state index is 12.1. The predicted octanol–water partition coefficient (Wildman–Crippen LogP) is 2.82. The Bertz CT molecular complexity index is 1190. The standard InChI is InChI=1S/C24H31N7O2/c1-15-7-20(30(12-15)16(2)32)14-31-23-19(11-26-31)10-25-24(28-23)27-21-8-18-13-29(3)6-5-17(18)9-22(21)33-4/h8-11,15,20H,5-7,12-14H2,1-4H3,(H,25,27,28)/t15-,20-/m0/s1. The van der Waals surface area contributed by atoms with Crippen LogP contribution in [0.2, 0.25) is 0 Å². The average Bonchev–Trinajstić information content (AvgIpc) is 3.36. The number of nitrogens with one attached hydrogen (secondary N) is 1. The van der Waals surface area contributed by atoms with E-state index >= 15 is 0 Å². The van der Waals surface area contributed by atoms with Gasteiger partial charge in [-0.1, -0.05) is 6.92 Å². The summed E-state index contributed by atoms with van der Waals surface area (Å²) in [6, 6.07) is 4.38. The molecule has 3 aromatic rings. The third-order valence-corrected chi connectivity index (χ3v) is 6.76. The van der Waals surface area contributed by atoms with Gasteiger partial charge in [-0.25, -0.2) is 9.67 Å². The van der Waals surface area contributed by atoms with E-state index in [2.05, 4.69) is 46.4 Å². The van der Waals surface area contributed by atoms with Gasteiger partial charge in [-0.05, 0) is 49.1 Å². The first-order chi connectivity index (χ1) is 15.9. The topological polar surface area (TPSA) is 88.4 Å². The molecular weight excluding hydrogens is 418 g/mol. The fourth-order valence-electron chi connectivity index (χ4n) is 5.08. The maximum atomic E-state index is 12.1. The molecule has 1 aromatic carbocycles. The molecule has 9 heteroatoms. The van der Waals surface area contributed by atoms with E-state index in [0.717, 1.165) is 54.9 Å². The van der Waals surface area contributed by atoms with Crippen molar-refractivity contribution in [2.45, 2.75) is 45.8 Å². The van der Waals surface area contributed by atoms with Gasteiger partial charge < -0.3 is 19.9 Å². The zero-order chi connectivity index (χ0) is 23.1. The van der Waals surface area contributed by atoms with Crippen molar-refractivity contribution in [2.24, 2.45) is 5.92 Å². The van der Waals surface area contributed by atoms with Gasteiger partial charge in [0.25, 0.3) is 0 Å². The Morgan fingerprint density at radius 3 is 2.91 bits per heavy atom. The lowest BCUT2D eigenvalue weighted by Crippen LogP contribution is -2.36. The summed E-state index contributed by atoms with van der Waals surface area (Å²) in [5.74, 6) is 1.88. The van der Waals surface area contributed by atoms with Crippen molar-refractivity contribution in [3.63, 3.8) is 0 Å². The first-order valence-electron chi connectivity index (χ1n) is 11.5. The normalized spacial score (nSPS) is 20.8. The van der Waals surface area contributed by atoms with Crippen LogP contribution in [0, 0.1) is 5.92 Å². The number of likely N-dealkylation sites (tertiary alicyclic amines) is 1. The van der Waals surface area contributed by atoms with Crippen LogP contribution in [0.15, 0.2) is 24.5 Å². The predicted molar refractivity (Wildman–Crippen MR) is 127 cm³/mol. The highest BCUT2D eigenvalue weighted by atomic mass is 16.5. The first-order valence-corrected chi connectivity index (χ1v) is 11.5. The van der Waals surface area contributed by atoms with Gasteiger partial charge in [0.1, 0.15) is 5.75 Å². The van der Waals surface area contributed by atoms with Crippen LogP contribution < -0.4 is 10.1 Å². The highest BCUT2D eigenvalue weighted by molar-refractivity contribution is 5.76. The number of hydrogen-bond donors (Lipinski definition) is 1. The smallest absolute Gasteiger partial charge is 0.229 e. The fourth-order valence-corrected chi connectivity index (χ4v) is 5.08. The molecule has 2 aromatic heterocycles. The summed E-state index contributed by atoms with van der Waals surface area (Å²) in [6.07, 6.45) is 5.55. The van der Waals surface area contributed by atoms with Crippen LogP contribution >= 0.6 is 0 Å². The molecule has 33 heavy (non-hydrogen) atoms. The molecule has 9 nitrogen and oxygen atoms in total. The number of methoxy groups -OCH3 is 1. The molecule has 1 saturated heterocycles. The van der Waals surface area contributed by atoms with Gasteiger partial charge in [-0.3, -0.25) is 4.79 Å². The Kier molecular flexibility index (Phi) is 5.65. The number of nitrogens with zero attached hydrogens (tertiary/aromatic N) is 6. The molecule has 0 saturated carbocycles. The minimum Gasteiger partial charge on any atom is -0.495 e. The van der Waals surface area contributed by atoms with Crippen LogP contribution in [0.25, 0.3) is 11.0 Å². The highest BCUT2D eigenvalue weighted by Gasteiger charge is 2.32. The van der Waals surface area contributed by atoms with E-state index in [0.29, 0.717) is 18.4 Å². The lowest BCUT2D eigenvalue weighted by Gasteiger charge is -2.26. The second kappa shape index (κ2) is 8.62. The molecule has 0 spiro atoms. The summed E-state index contributed by atoms with van der Waals surface area (Å²) < 4.78 is 7.54. The van der Waals surface area contributed by atoms with E-state index in [1.807, 2.05) is 9.58 Å². The first kappa shape index (κ1) is 21.6. The van der Waals surface area contributed by atoms with Crippen molar-refractivity contribution in [1.82, 2.24) is 29.5 Å². The SMILES string of the molecule is COc1cc2c(cc1Nc1ncc3cnn(C[C@@H]4C[C@H](C)CN4C(C)=O)c3n1)CN(C)CC2. The van der Waals surface area contributed by atoms with Crippen LogP contribution in [0.3, 0.4) is 0 Å². The summed E-state index contributed by atoms with van der Waals surface area (Å²) in [5.41, 5.74) is 4.22. The second-order valence-electron chi connectivity index (χ2n) is 9.40. The van der Waals surface area contributed by atoms with E-state index in [-0.39, 0.29) is 11.9 Å². The third-order valence-electron chi connectivity index (χ3n) is 6.76. The van der Waals surface area contributed by atoms with Gasteiger partial charge in [0.2, 0.25) is 11.9 Å². The molecule has 1 N–H and O–H groups in total. The van der Waals surface area contributed by atoms with Crippen LogP contribution in [-0.2, 0) is 24.3 Å². The molecule has 1 fully saturated rings. The third kappa shape index (κ3) is 4.25. The summed E-state index contributed by atoms with van der Waals surface area (Å²) in [6.45, 7) is 7.21. The monoisotopic (exact) mass is 449 g/mol. The summed E-state index contributed by atoms with van der Waals surface area (Å²) in [7, 11) is 3.82. The lowest BCUT2D eigenvalue weighted by atomic mass is 9.99. The van der Waals surface area contributed by atoms with Gasteiger partial charge in [0, 0.05) is 32.8 Å². The molecule has 0 bridgehead atoms. The number of rotatable bonds is 5. The zero-order valence-corrected chi connectivity index (χ0v) is 19.7. The molecule has 0 unspecified atom stereocenters. The molecule has 5 rings (SSSR count). The van der Waals surface area contributed by atoms with Crippen molar-refractivity contribution < 1.29 is 9.53 Å². The fraction of sp³-hybridized carbons (Fsp3) is 0.500. The molecule has 2 aliphatic heterocycles. The van der Waals surface area contributed by atoms with E-state index in [1.54, 1.807) is 26.4 Å². The summed E-state index contributed by atoms with van der Waals surface area (Å²) >= 11 is 0. The van der Waals surface area contributed by atoms with Gasteiger partial charge >= 0.3 is 0 Å². The molecule has 0 radical (unpaired) electrons. The van der Waals surface area contributed by atoms with Crippen molar-refractivity contribution in [3.8, 4) is 5.75 Å². The largest absolute Gasteiger partial charge is 0.495 e. The number of carbonyl (C=O) groups is 1. The van der Waals surface area contributed by atoms with Gasteiger partial charge in [0.15, 0.2) is 5.65 Å². The van der Waals surface area contributed by atoms with Crippen LogP contribution in [0.4, 0.5) is 11.6 Å². The van der Waals surface area contributed by atoms with Crippen molar-refractivity contribution in [1.29, 1.82) is 0 Å². The van der Waals surface area contributed by atoms with Gasteiger partial charge in [-0.15, -0.1) is 0 Å². The zero-order valence-electron chi connectivity index (χ0n) is 19.7. The van der Waals surface area contributed by atoms with Crippen molar-refractivity contribution >= 4 is 28.6 Å². The number of fused-ring (bicyclic) bond motifs is 2. The van der Waals surface area contributed by atoms with Gasteiger partial charge in [-0.2, -0.15) is 10.1 Å². The van der Waals surface area contributed by atoms with Crippen LogP contribution in [0.5, 0.6) is 5.75 Å². The van der Waals surface area contributed by atoms with Gasteiger partial charge in [0.05, 0.1) is 37.0 Å². The molecule has 0 aliphatic carbocycles. The lowest BCUT2D eigenvalue weighted by molar-refractivity contribution is -0.129. The van der Waals surface area contributed by atoms with Crippen molar-refractivity contribution in [2.75, 3.05) is 32.6 Å². The number of aromatic nitrogens is 4. The minimum atomic E-state index is 0.114. The number of benzene rings is 1. The highest BCUT2D eigenvalue weighted by Crippen LogP contribution is 2.33. The van der Waals surface area contributed by atoms with E-state index in [4.69, 9.17) is 9.72 Å². The average molecular weight is 450 g/mol. The number of hydrogen-bond acceptors (Lipinski definition) is 7. The van der Waals surface area contributed by atoms with Crippen LogP contribution in [-0.4, -0.2) is 68.7 Å². The Morgan fingerprint density at radius 2 is 2.12 bits per heavy atom. The maximum Gasteiger partial charge on any atom is 0.229 e. The van der Waals surface area contributed by atoms with Crippen molar-refractivity contribution in [3.05, 3.63) is 35.7 Å². The summed E-state index contributed by atoms with van der Waals surface area (Å²) in [4.78, 5) is 25.6. The molecular formula is C24H31N7O2. The summed E-state index contributed by atoms with van der Waals surface area (Å²) in [5, 5.41) is 8.77. The molecule has 2 aliphatic rings. The number of amides is 1. The quantitative estimate of drug-likeness (QED) is 0.641. The van der Waals surface area contributed by atoms with Crippen LogP contribution in [0.1, 0.15) is 31.4 Å². The van der Waals surface area contributed by atoms with E-state index in [1.165, 1.54) is 11.1 Å². The molecule has 174 valence electrons. The number of likely N-dealkylation sites (N-methyl/N-ethyl adjacent to an activating group) is 1. The Balaban J connectivity index is 1.42. The second-order valence-corrected chi connectivity index (χ2v) is 9.40. The molecule has 1 amide bonds.